The third-order valence-electron chi connectivity index (χ3n) is 7.09. The maximum atomic E-state index is 14.3. The zero-order valence-corrected chi connectivity index (χ0v) is 22.8. The molecule has 1 saturated heterocycles. The summed E-state index contributed by atoms with van der Waals surface area (Å²) in [5, 5.41) is 14.2. The molecule has 8 nitrogen and oxygen atoms in total. The van der Waals surface area contributed by atoms with Crippen molar-refractivity contribution in [3.05, 3.63) is 28.5 Å². The van der Waals surface area contributed by atoms with E-state index in [1.165, 1.54) is 18.7 Å². The molecule has 15 heteroatoms. The van der Waals surface area contributed by atoms with E-state index in [4.69, 9.17) is 0 Å². The van der Waals surface area contributed by atoms with Crippen LogP contribution in [0, 0.1) is 0 Å². The van der Waals surface area contributed by atoms with Crippen LogP contribution in [0.4, 0.5) is 32.2 Å². The number of alkyl halides is 6. The zero-order valence-electron chi connectivity index (χ0n) is 22.0. The van der Waals surface area contributed by atoms with Crippen molar-refractivity contribution in [2.75, 3.05) is 18.4 Å². The van der Waals surface area contributed by atoms with E-state index >= 15 is 0 Å². The summed E-state index contributed by atoms with van der Waals surface area (Å²) in [7, 11) is 0. The van der Waals surface area contributed by atoms with Crippen molar-refractivity contribution in [1.29, 1.82) is 0 Å². The number of halogens is 6. The second-order valence-corrected chi connectivity index (χ2v) is 11.9. The van der Waals surface area contributed by atoms with Gasteiger partial charge in [-0.1, -0.05) is 0 Å². The Morgan fingerprint density at radius 3 is 2.35 bits per heavy atom. The number of hydrogen-bond donors (Lipinski definition) is 3. The van der Waals surface area contributed by atoms with Crippen molar-refractivity contribution in [2.45, 2.75) is 82.4 Å². The van der Waals surface area contributed by atoms with Crippen LogP contribution in [0.3, 0.4) is 0 Å². The molecule has 0 bridgehead atoms. The molecular weight excluding hydrogens is 564 g/mol. The molecule has 0 radical (unpaired) electrons. The minimum atomic E-state index is -5.03. The van der Waals surface area contributed by atoms with E-state index in [0.717, 1.165) is 6.20 Å². The molecule has 0 aromatic carbocycles. The molecule has 2 amide bonds. The van der Waals surface area contributed by atoms with Gasteiger partial charge in [0.1, 0.15) is 17.1 Å². The molecule has 1 aliphatic carbocycles. The fourth-order valence-electron chi connectivity index (χ4n) is 4.68. The molecule has 2 aromatic rings. The number of nitrogens with zero attached hydrogens (tertiary/aromatic N) is 3. The smallest absolute Gasteiger partial charge is 0.389 e. The van der Waals surface area contributed by atoms with Gasteiger partial charge >= 0.3 is 12.4 Å². The zero-order chi connectivity index (χ0) is 29.7. The van der Waals surface area contributed by atoms with Crippen molar-refractivity contribution in [3.8, 4) is 10.4 Å². The number of pyridine rings is 1. The molecule has 220 valence electrons. The second-order valence-electron chi connectivity index (χ2n) is 10.9. The molecule has 40 heavy (non-hydrogen) atoms. The fourth-order valence-corrected chi connectivity index (χ4v) is 5.68. The van der Waals surface area contributed by atoms with Gasteiger partial charge < -0.3 is 20.6 Å². The predicted molar refractivity (Wildman–Crippen MR) is 135 cm³/mol. The van der Waals surface area contributed by atoms with Gasteiger partial charge in [0.15, 0.2) is 5.01 Å². The number of carbonyl (C=O) groups is 2. The lowest BCUT2D eigenvalue weighted by atomic mass is 9.76. The number of aliphatic hydroxyl groups is 1. The van der Waals surface area contributed by atoms with Crippen LogP contribution in [0.2, 0.25) is 0 Å². The van der Waals surface area contributed by atoms with Crippen LogP contribution < -0.4 is 10.6 Å². The van der Waals surface area contributed by atoms with Crippen molar-refractivity contribution in [1.82, 2.24) is 20.2 Å². The highest BCUT2D eigenvalue weighted by atomic mass is 32.1. The van der Waals surface area contributed by atoms with Gasteiger partial charge in [-0.3, -0.25) is 9.59 Å². The molecule has 1 aliphatic heterocycles. The molecule has 1 atom stereocenters. The minimum Gasteiger partial charge on any atom is -0.389 e. The highest BCUT2D eigenvalue weighted by Crippen LogP contribution is 2.48. The monoisotopic (exact) mass is 593 g/mol. The first-order valence-electron chi connectivity index (χ1n) is 12.7. The molecule has 3 heterocycles. The van der Waals surface area contributed by atoms with E-state index in [-0.39, 0.29) is 47.4 Å². The third kappa shape index (κ3) is 6.04. The Hall–Kier alpha value is -2.94. The summed E-state index contributed by atoms with van der Waals surface area (Å²) in [5.41, 5.74) is -5.94. The van der Waals surface area contributed by atoms with Gasteiger partial charge in [0.05, 0.1) is 16.0 Å². The molecular formula is C25H29F6N5O3S. The van der Waals surface area contributed by atoms with Gasteiger partial charge in [-0.25, -0.2) is 9.97 Å². The SMILES string of the molecule is CC1CCCN1C(=O)c1nc(C(=O)NCC(C)(C)O)sc1-c1cnc(NC2(C(F)(F)F)CCC2)cc1C(F)(F)F. The van der Waals surface area contributed by atoms with Crippen LogP contribution in [0.5, 0.6) is 0 Å². The van der Waals surface area contributed by atoms with Crippen molar-refractivity contribution in [3.63, 3.8) is 0 Å². The Morgan fingerprint density at radius 2 is 1.85 bits per heavy atom. The number of amides is 2. The number of carbonyl (C=O) groups excluding carboxylic acids is 2. The van der Waals surface area contributed by atoms with Gasteiger partial charge in [-0.15, -0.1) is 11.3 Å². The molecule has 1 saturated carbocycles. The first kappa shape index (κ1) is 30.0. The van der Waals surface area contributed by atoms with Gasteiger partial charge in [-0.05, 0) is 58.9 Å². The topological polar surface area (TPSA) is 107 Å². The van der Waals surface area contributed by atoms with E-state index in [0.29, 0.717) is 36.8 Å². The standard InChI is InChI=1S/C25H29F6N5O3S/c1-13-6-4-9-36(13)21(38)17-18(40-20(34-17)19(37)33-12-22(2,3)39)14-11-32-16(10-15(14)24(26,27)28)35-23(7-5-8-23)25(29,30)31/h10-11,13,39H,4-9,12H2,1-3H3,(H,32,35)(H,33,37). The molecule has 2 fully saturated rings. The number of aromatic nitrogens is 2. The predicted octanol–water partition coefficient (Wildman–Crippen LogP) is 5.25. The second kappa shape index (κ2) is 10.5. The van der Waals surface area contributed by atoms with E-state index < -0.39 is 52.3 Å². The van der Waals surface area contributed by atoms with E-state index in [2.05, 4.69) is 20.6 Å². The molecule has 0 spiro atoms. The Balaban J connectivity index is 1.79. The summed E-state index contributed by atoms with van der Waals surface area (Å²) in [6.45, 7) is 4.82. The highest BCUT2D eigenvalue weighted by molar-refractivity contribution is 7.17. The average molecular weight is 594 g/mol. The number of nitrogens with one attached hydrogen (secondary N) is 2. The van der Waals surface area contributed by atoms with Crippen molar-refractivity contribution < 1.29 is 41.0 Å². The van der Waals surface area contributed by atoms with Crippen molar-refractivity contribution in [2.24, 2.45) is 0 Å². The summed E-state index contributed by atoms with van der Waals surface area (Å²) >= 11 is 0.536. The normalized spacial score (nSPS) is 19.4. The van der Waals surface area contributed by atoms with Gasteiger partial charge in [-0.2, -0.15) is 26.3 Å². The summed E-state index contributed by atoms with van der Waals surface area (Å²) < 4.78 is 83.8. The summed E-state index contributed by atoms with van der Waals surface area (Å²) in [6, 6.07) is 0.282. The van der Waals surface area contributed by atoms with Crippen LogP contribution >= 0.6 is 11.3 Å². The first-order valence-corrected chi connectivity index (χ1v) is 13.5. The minimum absolute atomic E-state index is 0.191. The first-order chi connectivity index (χ1) is 18.4. The Morgan fingerprint density at radius 1 is 1.18 bits per heavy atom. The summed E-state index contributed by atoms with van der Waals surface area (Å²) in [4.78, 5) is 35.3. The largest absolute Gasteiger partial charge is 0.417 e. The van der Waals surface area contributed by atoms with Crippen LogP contribution in [0.15, 0.2) is 12.3 Å². The summed E-state index contributed by atoms with van der Waals surface area (Å²) in [5.74, 6) is -2.08. The molecule has 4 rings (SSSR count). The van der Waals surface area contributed by atoms with E-state index in [1.54, 1.807) is 6.92 Å². The third-order valence-corrected chi connectivity index (χ3v) is 8.18. The van der Waals surface area contributed by atoms with E-state index in [9.17, 15) is 41.0 Å². The Bertz CT molecular complexity index is 1280. The number of hydrogen-bond acceptors (Lipinski definition) is 7. The molecule has 1 unspecified atom stereocenters. The van der Waals surface area contributed by atoms with Crippen LogP contribution in [0.1, 0.15) is 78.7 Å². The lowest BCUT2D eigenvalue weighted by Gasteiger charge is -2.44. The lowest BCUT2D eigenvalue weighted by Crippen LogP contribution is -2.57. The molecule has 2 aromatic heterocycles. The van der Waals surface area contributed by atoms with E-state index in [1.807, 2.05) is 0 Å². The fraction of sp³-hybridized carbons (Fsp3) is 0.600. The van der Waals surface area contributed by atoms with Gasteiger partial charge in [0.2, 0.25) is 0 Å². The van der Waals surface area contributed by atoms with Gasteiger partial charge in [0.25, 0.3) is 11.8 Å². The number of likely N-dealkylation sites (tertiary alicyclic amines) is 1. The quantitative estimate of drug-likeness (QED) is 0.379. The van der Waals surface area contributed by atoms with Crippen molar-refractivity contribution >= 4 is 29.0 Å². The Kier molecular flexibility index (Phi) is 7.86. The van der Waals surface area contributed by atoms with Gasteiger partial charge in [0, 0.05) is 30.9 Å². The molecule has 2 aliphatic rings. The highest BCUT2D eigenvalue weighted by Gasteiger charge is 2.58. The maximum Gasteiger partial charge on any atom is 0.417 e. The number of anilines is 1. The Labute approximate surface area is 230 Å². The lowest BCUT2D eigenvalue weighted by molar-refractivity contribution is -0.198. The summed E-state index contributed by atoms with van der Waals surface area (Å²) in [6.07, 6.45) is -7.95. The maximum absolute atomic E-state index is 14.3. The average Bonchev–Trinajstić information content (AvgIpc) is 3.44. The molecule has 3 N–H and O–H groups in total. The number of rotatable bonds is 7. The van der Waals surface area contributed by atoms with Crippen LogP contribution in [0.25, 0.3) is 10.4 Å². The van der Waals surface area contributed by atoms with Crippen LogP contribution in [-0.4, -0.2) is 68.2 Å². The number of thiazole rings is 1. The van der Waals surface area contributed by atoms with Crippen LogP contribution in [-0.2, 0) is 6.18 Å².